The summed E-state index contributed by atoms with van der Waals surface area (Å²) in [4.78, 5) is 19.1. The van der Waals surface area contributed by atoms with E-state index in [-0.39, 0.29) is 17.4 Å². The monoisotopic (exact) mass is 380 g/mol. The molecule has 1 fully saturated rings. The Morgan fingerprint density at radius 3 is 2.77 bits per heavy atom. The molecule has 2 aromatic heterocycles. The Hall–Kier alpha value is -2.13. The zero-order valence-electron chi connectivity index (χ0n) is 15.1. The number of imidazole rings is 1. The topological polar surface area (TPSA) is 93.0 Å². The maximum absolute atomic E-state index is 12.6. The number of sulfone groups is 1. The number of fused-ring (bicyclic) bond motifs is 1. The van der Waals surface area contributed by atoms with E-state index in [1.54, 1.807) is 17.5 Å². The van der Waals surface area contributed by atoms with E-state index in [4.69, 9.17) is 4.74 Å². The van der Waals surface area contributed by atoms with Gasteiger partial charge >= 0.3 is 0 Å². The first kappa shape index (κ1) is 18.7. The van der Waals surface area contributed by atoms with Gasteiger partial charge in [-0.25, -0.2) is 13.4 Å². The standard InChI is InChI=1S/C17H24N4O4S/c1-3-25-14-5-4-7-21-15(13(2)19-16(14)21)17(22)18-6-8-20-9-11-26(23,24)12-10-20/h4-5,7H,3,6,8-12H2,1-2H3,(H,18,22). The summed E-state index contributed by atoms with van der Waals surface area (Å²) in [7, 11) is -2.88. The van der Waals surface area contributed by atoms with Crippen molar-refractivity contribution in [2.24, 2.45) is 0 Å². The second-order valence-corrected chi connectivity index (χ2v) is 8.60. The van der Waals surface area contributed by atoms with Crippen molar-refractivity contribution >= 4 is 21.4 Å². The molecule has 0 aromatic carbocycles. The summed E-state index contributed by atoms with van der Waals surface area (Å²) < 4.78 is 30.2. The van der Waals surface area contributed by atoms with Crippen molar-refractivity contribution in [2.75, 3.05) is 44.3 Å². The van der Waals surface area contributed by atoms with Crippen LogP contribution < -0.4 is 10.1 Å². The van der Waals surface area contributed by atoms with Crippen LogP contribution in [0, 0.1) is 6.92 Å². The first-order valence-electron chi connectivity index (χ1n) is 8.72. The third kappa shape index (κ3) is 3.99. The Bertz CT molecular complexity index is 893. The summed E-state index contributed by atoms with van der Waals surface area (Å²) in [5, 5.41) is 2.91. The molecular formula is C17H24N4O4S. The number of amides is 1. The minimum atomic E-state index is -2.88. The highest BCUT2D eigenvalue weighted by Gasteiger charge is 2.22. The number of ether oxygens (including phenoxy) is 1. The molecule has 0 atom stereocenters. The summed E-state index contributed by atoms with van der Waals surface area (Å²) in [6.07, 6.45) is 1.79. The van der Waals surface area contributed by atoms with Crippen LogP contribution in [0.4, 0.5) is 0 Å². The van der Waals surface area contributed by atoms with Crippen LogP contribution in [0.2, 0.25) is 0 Å². The van der Waals surface area contributed by atoms with Crippen LogP contribution >= 0.6 is 0 Å². The van der Waals surface area contributed by atoms with Gasteiger partial charge in [0.1, 0.15) is 5.69 Å². The number of nitrogens with one attached hydrogen (secondary N) is 1. The van der Waals surface area contributed by atoms with Gasteiger partial charge in [0.2, 0.25) is 0 Å². The number of carbonyl (C=O) groups excluding carboxylic acids is 1. The van der Waals surface area contributed by atoms with E-state index in [1.807, 2.05) is 19.1 Å². The minimum Gasteiger partial charge on any atom is -0.490 e. The van der Waals surface area contributed by atoms with E-state index in [0.717, 1.165) is 0 Å². The van der Waals surface area contributed by atoms with Gasteiger partial charge in [-0.15, -0.1) is 0 Å². The molecule has 1 saturated heterocycles. The number of pyridine rings is 1. The van der Waals surface area contributed by atoms with Gasteiger partial charge in [-0.05, 0) is 26.0 Å². The lowest BCUT2D eigenvalue weighted by Gasteiger charge is -2.26. The zero-order chi connectivity index (χ0) is 18.7. The van der Waals surface area contributed by atoms with Crippen molar-refractivity contribution in [1.82, 2.24) is 19.6 Å². The minimum absolute atomic E-state index is 0.188. The second-order valence-electron chi connectivity index (χ2n) is 6.29. The van der Waals surface area contributed by atoms with E-state index < -0.39 is 9.84 Å². The largest absolute Gasteiger partial charge is 0.490 e. The summed E-state index contributed by atoms with van der Waals surface area (Å²) in [5.41, 5.74) is 1.75. The number of aryl methyl sites for hydroxylation is 1. The van der Waals surface area contributed by atoms with Crippen LogP contribution in [0.25, 0.3) is 5.65 Å². The van der Waals surface area contributed by atoms with Gasteiger partial charge < -0.3 is 10.1 Å². The summed E-state index contributed by atoms with van der Waals surface area (Å²) in [5.74, 6) is 0.820. The average Bonchev–Trinajstić information content (AvgIpc) is 2.93. The second kappa shape index (κ2) is 7.63. The van der Waals surface area contributed by atoms with E-state index in [9.17, 15) is 13.2 Å². The Kier molecular flexibility index (Phi) is 5.47. The van der Waals surface area contributed by atoms with Crippen LogP contribution in [0.5, 0.6) is 5.75 Å². The molecule has 1 aliphatic rings. The Morgan fingerprint density at radius 1 is 1.35 bits per heavy atom. The molecule has 9 heteroatoms. The summed E-state index contributed by atoms with van der Waals surface area (Å²) in [6.45, 7) is 6.34. The molecule has 3 heterocycles. The molecule has 3 rings (SSSR count). The molecule has 8 nitrogen and oxygen atoms in total. The molecule has 0 aliphatic carbocycles. The number of aromatic nitrogens is 2. The summed E-state index contributed by atoms with van der Waals surface area (Å²) >= 11 is 0. The predicted molar refractivity (Wildman–Crippen MR) is 98.5 cm³/mol. The van der Waals surface area contributed by atoms with Crippen molar-refractivity contribution in [3.63, 3.8) is 0 Å². The van der Waals surface area contributed by atoms with E-state index in [0.29, 0.717) is 55.6 Å². The first-order valence-corrected chi connectivity index (χ1v) is 10.5. The molecule has 0 bridgehead atoms. The molecule has 0 radical (unpaired) electrons. The molecule has 0 spiro atoms. The molecule has 1 N–H and O–H groups in total. The molecule has 0 saturated carbocycles. The molecular weight excluding hydrogens is 356 g/mol. The van der Waals surface area contributed by atoms with Crippen molar-refractivity contribution in [1.29, 1.82) is 0 Å². The highest BCUT2D eigenvalue weighted by Crippen LogP contribution is 2.22. The lowest BCUT2D eigenvalue weighted by atomic mass is 10.3. The van der Waals surface area contributed by atoms with Crippen LogP contribution in [-0.2, 0) is 9.84 Å². The number of nitrogens with zero attached hydrogens (tertiary/aromatic N) is 3. The maximum atomic E-state index is 12.6. The normalized spacial score (nSPS) is 17.3. The number of hydrogen-bond donors (Lipinski definition) is 1. The lowest BCUT2D eigenvalue weighted by Crippen LogP contribution is -2.44. The third-order valence-electron chi connectivity index (χ3n) is 4.45. The van der Waals surface area contributed by atoms with Crippen LogP contribution in [0.3, 0.4) is 0 Å². The zero-order valence-corrected chi connectivity index (χ0v) is 15.9. The van der Waals surface area contributed by atoms with Crippen molar-refractivity contribution in [3.8, 4) is 5.75 Å². The first-order chi connectivity index (χ1) is 12.4. The third-order valence-corrected chi connectivity index (χ3v) is 6.06. The fraction of sp³-hybridized carbons (Fsp3) is 0.529. The van der Waals surface area contributed by atoms with E-state index in [2.05, 4.69) is 15.2 Å². The van der Waals surface area contributed by atoms with Gasteiger partial charge in [0, 0.05) is 32.4 Å². The Balaban J connectivity index is 1.65. The van der Waals surface area contributed by atoms with E-state index >= 15 is 0 Å². The van der Waals surface area contributed by atoms with Gasteiger partial charge in [-0.2, -0.15) is 0 Å². The van der Waals surface area contributed by atoms with Crippen molar-refractivity contribution in [2.45, 2.75) is 13.8 Å². The van der Waals surface area contributed by atoms with Gasteiger partial charge in [0.05, 0.1) is 23.8 Å². The van der Waals surface area contributed by atoms with Gasteiger partial charge in [0.15, 0.2) is 21.2 Å². The highest BCUT2D eigenvalue weighted by molar-refractivity contribution is 7.91. The Labute approximate surface area is 153 Å². The van der Waals surface area contributed by atoms with Gasteiger partial charge in [-0.3, -0.25) is 14.1 Å². The molecule has 142 valence electrons. The lowest BCUT2D eigenvalue weighted by molar-refractivity contribution is 0.0942. The fourth-order valence-electron chi connectivity index (χ4n) is 3.08. The SMILES string of the molecule is CCOc1cccn2c(C(=O)NCCN3CCS(=O)(=O)CC3)c(C)nc12. The molecule has 1 aliphatic heterocycles. The quantitative estimate of drug-likeness (QED) is 0.785. The Morgan fingerprint density at radius 2 is 2.08 bits per heavy atom. The highest BCUT2D eigenvalue weighted by atomic mass is 32.2. The number of hydrogen-bond acceptors (Lipinski definition) is 6. The molecule has 1 amide bonds. The molecule has 0 unspecified atom stereocenters. The van der Waals surface area contributed by atoms with Crippen LogP contribution in [0.1, 0.15) is 23.1 Å². The van der Waals surface area contributed by atoms with Crippen molar-refractivity contribution < 1.29 is 17.9 Å². The smallest absolute Gasteiger partial charge is 0.270 e. The van der Waals surface area contributed by atoms with E-state index in [1.165, 1.54) is 0 Å². The average molecular weight is 380 g/mol. The van der Waals surface area contributed by atoms with Gasteiger partial charge in [-0.1, -0.05) is 0 Å². The summed E-state index contributed by atoms with van der Waals surface area (Å²) in [6, 6.07) is 3.65. The molecule has 26 heavy (non-hydrogen) atoms. The molecule has 2 aromatic rings. The van der Waals surface area contributed by atoms with Crippen LogP contribution in [-0.4, -0.2) is 72.9 Å². The van der Waals surface area contributed by atoms with Gasteiger partial charge in [0.25, 0.3) is 5.91 Å². The number of rotatable bonds is 6. The number of carbonyl (C=O) groups is 1. The van der Waals surface area contributed by atoms with Crippen LogP contribution in [0.15, 0.2) is 18.3 Å². The maximum Gasteiger partial charge on any atom is 0.270 e. The predicted octanol–water partition coefficient (Wildman–Crippen LogP) is 0.502. The fourth-order valence-corrected chi connectivity index (χ4v) is 4.36. The van der Waals surface area contributed by atoms with Crippen molar-refractivity contribution in [3.05, 3.63) is 29.7 Å².